The summed E-state index contributed by atoms with van der Waals surface area (Å²) in [6, 6.07) is 11.5. The molecule has 3 amide bonds. The van der Waals surface area contributed by atoms with E-state index in [0.717, 1.165) is 29.5 Å². The van der Waals surface area contributed by atoms with Crippen molar-refractivity contribution >= 4 is 35.1 Å². The van der Waals surface area contributed by atoms with Crippen molar-refractivity contribution in [3.8, 4) is 5.75 Å². The van der Waals surface area contributed by atoms with Crippen LogP contribution in [-0.2, 0) is 16.8 Å². The molecular formula is C26H32Cl2N2O3. The zero-order valence-electron chi connectivity index (χ0n) is 20.2. The molecule has 1 fully saturated rings. The van der Waals surface area contributed by atoms with Crippen molar-refractivity contribution in [1.29, 1.82) is 0 Å². The van der Waals surface area contributed by atoms with Crippen molar-refractivity contribution in [2.45, 2.75) is 65.0 Å². The van der Waals surface area contributed by atoms with Gasteiger partial charge in [0.15, 0.2) is 5.75 Å². The van der Waals surface area contributed by atoms with Crippen LogP contribution in [0.2, 0.25) is 10.0 Å². The molecule has 2 aromatic carbocycles. The molecule has 0 aliphatic carbocycles. The van der Waals surface area contributed by atoms with Crippen LogP contribution in [0.5, 0.6) is 5.75 Å². The summed E-state index contributed by atoms with van der Waals surface area (Å²) >= 11 is 13.0. The Labute approximate surface area is 206 Å². The van der Waals surface area contributed by atoms with Crippen molar-refractivity contribution in [1.82, 2.24) is 9.80 Å². The summed E-state index contributed by atoms with van der Waals surface area (Å²) in [6.45, 7) is 10.6. The van der Waals surface area contributed by atoms with Crippen LogP contribution in [0.15, 0.2) is 36.4 Å². The van der Waals surface area contributed by atoms with Gasteiger partial charge in [-0.05, 0) is 49.1 Å². The number of hydrogen-bond donors (Lipinski definition) is 0. The molecule has 3 rings (SSSR count). The monoisotopic (exact) mass is 490 g/mol. The highest BCUT2D eigenvalue weighted by molar-refractivity contribution is 6.37. The smallest absolute Gasteiger partial charge is 0.327 e. The minimum absolute atomic E-state index is 0.190. The van der Waals surface area contributed by atoms with E-state index in [4.69, 9.17) is 27.9 Å². The van der Waals surface area contributed by atoms with Crippen molar-refractivity contribution in [2.75, 3.05) is 13.7 Å². The minimum atomic E-state index is -0.829. The number of amides is 3. The van der Waals surface area contributed by atoms with Crippen LogP contribution in [-0.4, -0.2) is 40.9 Å². The van der Waals surface area contributed by atoms with Crippen LogP contribution in [0.1, 0.15) is 64.2 Å². The maximum absolute atomic E-state index is 12.7. The lowest BCUT2D eigenvalue weighted by atomic mass is 9.78. The number of carbonyl (C=O) groups excluding carboxylic acids is 2. The number of ether oxygens (including phenoxy) is 1. The first-order valence-electron chi connectivity index (χ1n) is 11.2. The van der Waals surface area contributed by atoms with Gasteiger partial charge in [-0.25, -0.2) is 4.79 Å². The molecule has 33 heavy (non-hydrogen) atoms. The molecule has 0 radical (unpaired) electrons. The second kappa shape index (κ2) is 9.55. The number of halogens is 2. The second-order valence-electron chi connectivity index (χ2n) is 9.58. The Morgan fingerprint density at radius 1 is 1.00 bits per heavy atom. The fraction of sp³-hybridized carbons (Fsp3) is 0.462. The summed E-state index contributed by atoms with van der Waals surface area (Å²) in [5, 5.41) is 0.993. The van der Waals surface area contributed by atoms with Crippen LogP contribution in [0.4, 0.5) is 4.79 Å². The Kier molecular flexibility index (Phi) is 7.35. The van der Waals surface area contributed by atoms with Gasteiger partial charge in [-0.2, -0.15) is 0 Å². The average molecular weight is 491 g/mol. The fourth-order valence-corrected chi connectivity index (χ4v) is 4.47. The molecule has 0 N–H and O–H groups in total. The van der Waals surface area contributed by atoms with Gasteiger partial charge in [-0.3, -0.25) is 9.69 Å². The van der Waals surface area contributed by atoms with Crippen molar-refractivity contribution < 1.29 is 14.3 Å². The summed E-state index contributed by atoms with van der Waals surface area (Å²) in [4.78, 5) is 28.0. The number of benzene rings is 2. The van der Waals surface area contributed by atoms with Crippen molar-refractivity contribution in [3.05, 3.63) is 63.1 Å². The van der Waals surface area contributed by atoms with E-state index in [-0.39, 0.29) is 23.9 Å². The van der Waals surface area contributed by atoms with Gasteiger partial charge in [0.05, 0.1) is 23.2 Å². The number of unbranched alkanes of at least 4 members (excludes halogenated alkanes) is 1. The zero-order chi connectivity index (χ0) is 24.6. The van der Waals surface area contributed by atoms with Gasteiger partial charge in [0.2, 0.25) is 0 Å². The minimum Gasteiger partial charge on any atom is -0.490 e. The largest absolute Gasteiger partial charge is 0.490 e. The second-order valence-corrected chi connectivity index (χ2v) is 10.4. The SMILES string of the molecule is CCCCOc1c(Cl)cc(C(C)(C)c2ccc(CN3C(=O)N(C)C(C)(C)C3=O)cc2)cc1Cl. The lowest BCUT2D eigenvalue weighted by molar-refractivity contribution is -0.132. The lowest BCUT2D eigenvalue weighted by Gasteiger charge is -2.27. The van der Waals surface area contributed by atoms with Crippen molar-refractivity contribution in [3.63, 3.8) is 0 Å². The van der Waals surface area contributed by atoms with Gasteiger partial charge >= 0.3 is 6.03 Å². The van der Waals surface area contributed by atoms with Crippen LogP contribution >= 0.6 is 23.2 Å². The average Bonchev–Trinajstić information content (AvgIpc) is 2.90. The topological polar surface area (TPSA) is 49.9 Å². The standard InChI is InChI=1S/C26H32Cl2N2O3/c1-7-8-13-33-22-20(27)14-19(15-21(22)28)25(2,3)18-11-9-17(10-12-18)16-30-23(31)26(4,5)29(6)24(30)32/h9-12,14-15H,7-8,13,16H2,1-6H3. The molecule has 2 aromatic rings. The number of urea groups is 1. The van der Waals surface area contributed by atoms with Crippen LogP contribution in [0.25, 0.3) is 0 Å². The molecule has 0 unspecified atom stereocenters. The molecule has 0 saturated carbocycles. The highest BCUT2D eigenvalue weighted by atomic mass is 35.5. The third-order valence-corrected chi connectivity index (χ3v) is 7.17. The van der Waals surface area contributed by atoms with E-state index in [9.17, 15) is 9.59 Å². The summed E-state index contributed by atoms with van der Waals surface area (Å²) < 4.78 is 5.77. The number of likely N-dealkylation sites (N-methyl/N-ethyl adjacent to an activating group) is 1. The first-order chi connectivity index (χ1) is 15.4. The highest BCUT2D eigenvalue weighted by Crippen LogP contribution is 2.40. The molecule has 7 heteroatoms. The Morgan fingerprint density at radius 2 is 1.58 bits per heavy atom. The molecule has 1 aliphatic heterocycles. The Balaban J connectivity index is 1.80. The van der Waals surface area contributed by atoms with Gasteiger partial charge in [0.25, 0.3) is 5.91 Å². The normalized spacial score (nSPS) is 16.0. The van der Waals surface area contributed by atoms with Crippen LogP contribution in [0, 0.1) is 0 Å². The predicted octanol–water partition coefficient (Wildman–Crippen LogP) is 6.67. The molecular weight excluding hydrogens is 459 g/mol. The van der Waals surface area contributed by atoms with Gasteiger partial charge < -0.3 is 9.64 Å². The van der Waals surface area contributed by atoms with Gasteiger partial charge in [0.1, 0.15) is 5.54 Å². The Bertz CT molecular complexity index is 1020. The van der Waals surface area contributed by atoms with E-state index in [1.807, 2.05) is 36.4 Å². The van der Waals surface area contributed by atoms with Crippen molar-refractivity contribution in [2.24, 2.45) is 0 Å². The molecule has 1 heterocycles. The molecule has 0 spiro atoms. The van der Waals surface area contributed by atoms with Crippen LogP contribution in [0.3, 0.4) is 0 Å². The molecule has 0 atom stereocenters. The fourth-order valence-electron chi connectivity index (χ4n) is 3.87. The first-order valence-corrected chi connectivity index (χ1v) is 12.0. The summed E-state index contributed by atoms with van der Waals surface area (Å²) in [7, 11) is 1.65. The number of rotatable bonds is 8. The number of nitrogens with zero attached hydrogens (tertiary/aromatic N) is 2. The quantitative estimate of drug-likeness (QED) is 0.306. The third kappa shape index (κ3) is 4.85. The Hall–Kier alpha value is -2.24. The molecule has 5 nitrogen and oxygen atoms in total. The summed E-state index contributed by atoms with van der Waals surface area (Å²) in [5.41, 5.74) is 1.73. The molecule has 1 aliphatic rings. The van der Waals surface area contributed by atoms with E-state index in [1.165, 1.54) is 9.80 Å². The van der Waals surface area contributed by atoms with Gasteiger partial charge in [0, 0.05) is 12.5 Å². The molecule has 0 bridgehead atoms. The maximum Gasteiger partial charge on any atom is 0.327 e. The summed E-state index contributed by atoms with van der Waals surface area (Å²) in [5.74, 6) is 0.333. The molecule has 178 valence electrons. The number of carbonyl (C=O) groups is 2. The molecule has 0 aromatic heterocycles. The van der Waals surface area contributed by atoms with Gasteiger partial charge in [-0.15, -0.1) is 0 Å². The Morgan fingerprint density at radius 3 is 2.06 bits per heavy atom. The van der Waals surface area contributed by atoms with E-state index >= 15 is 0 Å². The zero-order valence-corrected chi connectivity index (χ0v) is 21.7. The third-order valence-electron chi connectivity index (χ3n) is 6.61. The van der Waals surface area contributed by atoms with Crippen LogP contribution < -0.4 is 4.74 Å². The van der Waals surface area contributed by atoms with E-state index in [2.05, 4.69) is 20.8 Å². The first kappa shape index (κ1) is 25.4. The summed E-state index contributed by atoms with van der Waals surface area (Å²) in [6.07, 6.45) is 1.97. The van der Waals surface area contributed by atoms with E-state index in [1.54, 1.807) is 20.9 Å². The predicted molar refractivity (Wildman–Crippen MR) is 133 cm³/mol. The lowest BCUT2D eigenvalue weighted by Crippen LogP contribution is -2.41. The number of hydrogen-bond acceptors (Lipinski definition) is 3. The molecule has 1 saturated heterocycles. The van der Waals surface area contributed by atoms with E-state index in [0.29, 0.717) is 22.4 Å². The van der Waals surface area contributed by atoms with E-state index < -0.39 is 5.54 Å². The maximum atomic E-state index is 12.7. The van der Waals surface area contributed by atoms with Gasteiger partial charge in [-0.1, -0.05) is 74.7 Å². The highest BCUT2D eigenvalue weighted by Gasteiger charge is 2.49. The number of imide groups is 1.